The first-order valence-electron chi connectivity index (χ1n) is 11.4. The molecule has 3 aromatic carbocycles. The number of hydrogen-bond acceptors (Lipinski definition) is 5. The predicted octanol–water partition coefficient (Wildman–Crippen LogP) is 4.82. The zero-order valence-electron chi connectivity index (χ0n) is 19.2. The zero-order valence-corrected chi connectivity index (χ0v) is 20.0. The highest BCUT2D eigenvalue weighted by molar-refractivity contribution is 7.99. The van der Waals surface area contributed by atoms with Crippen LogP contribution in [0.5, 0.6) is 5.75 Å². The minimum absolute atomic E-state index is 0.0743. The molecule has 1 aliphatic rings. The average Bonchev–Trinajstić information content (AvgIpc) is 3.72. The maximum absolute atomic E-state index is 14.2. The van der Waals surface area contributed by atoms with E-state index in [9.17, 15) is 14.0 Å². The summed E-state index contributed by atoms with van der Waals surface area (Å²) in [4.78, 5) is 33.2. The molecule has 1 saturated carbocycles. The van der Waals surface area contributed by atoms with Gasteiger partial charge in [-0.3, -0.25) is 14.2 Å². The van der Waals surface area contributed by atoms with Crippen molar-refractivity contribution in [1.82, 2.24) is 14.5 Å². The van der Waals surface area contributed by atoms with Crippen molar-refractivity contribution in [1.29, 1.82) is 0 Å². The normalized spacial score (nSPS) is 13.1. The molecule has 4 aromatic rings. The average molecular weight is 490 g/mol. The first kappa shape index (κ1) is 23.1. The van der Waals surface area contributed by atoms with Gasteiger partial charge in [-0.1, -0.05) is 54.2 Å². The second kappa shape index (κ2) is 9.92. The number of para-hydroxylation sites is 3. The summed E-state index contributed by atoms with van der Waals surface area (Å²) in [6, 6.07) is 21.0. The molecule has 0 N–H and O–H groups in total. The lowest BCUT2D eigenvalue weighted by atomic mass is 10.2. The van der Waals surface area contributed by atoms with Gasteiger partial charge in [0.15, 0.2) is 5.16 Å². The van der Waals surface area contributed by atoms with Gasteiger partial charge >= 0.3 is 0 Å². The summed E-state index contributed by atoms with van der Waals surface area (Å²) in [7, 11) is 1.55. The second-order valence-electron chi connectivity index (χ2n) is 8.36. The Morgan fingerprint density at radius 1 is 1.09 bits per heavy atom. The first-order valence-corrected chi connectivity index (χ1v) is 12.4. The fraction of sp³-hybridized carbons (Fsp3) is 0.222. The number of halogens is 1. The molecule has 6 nitrogen and oxygen atoms in total. The topological polar surface area (TPSA) is 64.4 Å². The molecule has 0 atom stereocenters. The largest absolute Gasteiger partial charge is 0.495 e. The number of aromatic nitrogens is 2. The number of hydrogen-bond donors (Lipinski definition) is 0. The van der Waals surface area contributed by atoms with Crippen molar-refractivity contribution in [2.45, 2.75) is 30.6 Å². The van der Waals surface area contributed by atoms with Crippen molar-refractivity contribution in [3.63, 3.8) is 0 Å². The molecule has 0 bridgehead atoms. The third-order valence-corrected chi connectivity index (χ3v) is 6.93. The van der Waals surface area contributed by atoms with Gasteiger partial charge in [0.1, 0.15) is 11.6 Å². The molecule has 1 amide bonds. The highest BCUT2D eigenvalue weighted by Crippen LogP contribution is 2.31. The predicted molar refractivity (Wildman–Crippen MR) is 135 cm³/mol. The maximum atomic E-state index is 14.2. The molecule has 0 spiro atoms. The number of methoxy groups -OCH3 is 1. The summed E-state index contributed by atoms with van der Waals surface area (Å²) in [5.41, 5.74) is 1.37. The molecule has 1 fully saturated rings. The Labute approximate surface area is 206 Å². The van der Waals surface area contributed by atoms with E-state index in [-0.39, 0.29) is 35.6 Å². The zero-order chi connectivity index (χ0) is 24.4. The summed E-state index contributed by atoms with van der Waals surface area (Å²) in [6.07, 6.45) is 1.82. The van der Waals surface area contributed by atoms with Gasteiger partial charge in [0, 0.05) is 18.2 Å². The fourth-order valence-corrected chi connectivity index (χ4v) is 4.95. The van der Waals surface area contributed by atoms with Crippen molar-refractivity contribution in [3.05, 3.63) is 94.5 Å². The fourth-order valence-electron chi connectivity index (χ4n) is 4.06. The summed E-state index contributed by atoms with van der Waals surface area (Å²) in [6.45, 7) is 0.223. The van der Waals surface area contributed by atoms with Gasteiger partial charge < -0.3 is 9.64 Å². The van der Waals surface area contributed by atoms with Crippen molar-refractivity contribution in [2.75, 3.05) is 12.9 Å². The van der Waals surface area contributed by atoms with Crippen molar-refractivity contribution < 1.29 is 13.9 Å². The van der Waals surface area contributed by atoms with Gasteiger partial charge in [-0.2, -0.15) is 0 Å². The molecule has 1 aliphatic carbocycles. The van der Waals surface area contributed by atoms with Gasteiger partial charge in [0.2, 0.25) is 5.91 Å². The van der Waals surface area contributed by atoms with Crippen LogP contribution in [0.3, 0.4) is 0 Å². The Balaban J connectivity index is 1.48. The lowest BCUT2D eigenvalue weighted by Gasteiger charge is -2.23. The van der Waals surface area contributed by atoms with E-state index in [4.69, 9.17) is 9.72 Å². The molecule has 0 radical (unpaired) electrons. The van der Waals surface area contributed by atoms with E-state index in [1.54, 1.807) is 60.5 Å². The third kappa shape index (κ3) is 4.79. The van der Waals surface area contributed by atoms with Crippen LogP contribution in [0.15, 0.2) is 82.7 Å². The van der Waals surface area contributed by atoms with Crippen LogP contribution in [-0.2, 0) is 11.3 Å². The van der Waals surface area contributed by atoms with E-state index in [1.807, 2.05) is 18.2 Å². The number of rotatable bonds is 8. The van der Waals surface area contributed by atoms with Gasteiger partial charge in [0.25, 0.3) is 5.56 Å². The molecule has 0 aliphatic heterocycles. The van der Waals surface area contributed by atoms with E-state index in [2.05, 4.69) is 0 Å². The quantitative estimate of drug-likeness (QED) is 0.262. The molecule has 35 heavy (non-hydrogen) atoms. The van der Waals surface area contributed by atoms with Crippen LogP contribution in [-0.4, -0.2) is 39.3 Å². The number of ether oxygens (including phenoxy) is 1. The van der Waals surface area contributed by atoms with Crippen LogP contribution >= 0.6 is 11.8 Å². The number of fused-ring (bicyclic) bond motifs is 1. The Morgan fingerprint density at radius 2 is 1.80 bits per heavy atom. The Morgan fingerprint density at radius 3 is 2.57 bits per heavy atom. The minimum atomic E-state index is -0.320. The minimum Gasteiger partial charge on any atom is -0.495 e. The standard InChI is InChI=1S/C27H24FN3O3S/c1-34-24-13-7-6-12-23(24)31-26(33)20-9-3-5-11-22(20)29-27(31)35-17-25(32)30(19-14-15-19)16-18-8-2-4-10-21(18)28/h2-13,19H,14-17H2,1H3. The van der Waals surface area contributed by atoms with E-state index < -0.39 is 0 Å². The smallest absolute Gasteiger partial charge is 0.266 e. The van der Waals surface area contributed by atoms with E-state index >= 15 is 0 Å². The second-order valence-corrected chi connectivity index (χ2v) is 9.30. The van der Waals surface area contributed by atoms with Crippen molar-refractivity contribution >= 4 is 28.6 Å². The number of nitrogens with zero attached hydrogens (tertiary/aromatic N) is 3. The highest BCUT2D eigenvalue weighted by Gasteiger charge is 2.33. The van der Waals surface area contributed by atoms with E-state index in [0.29, 0.717) is 33.1 Å². The summed E-state index contributed by atoms with van der Waals surface area (Å²) in [5.74, 6) is 0.166. The molecule has 1 aromatic heterocycles. The van der Waals surface area contributed by atoms with Crippen LogP contribution in [0.2, 0.25) is 0 Å². The van der Waals surface area contributed by atoms with Gasteiger partial charge in [-0.25, -0.2) is 9.37 Å². The van der Waals surface area contributed by atoms with Crippen molar-refractivity contribution in [3.8, 4) is 11.4 Å². The summed E-state index contributed by atoms with van der Waals surface area (Å²) in [5, 5.41) is 0.876. The van der Waals surface area contributed by atoms with Crippen LogP contribution in [0.4, 0.5) is 4.39 Å². The summed E-state index contributed by atoms with van der Waals surface area (Å²) >= 11 is 1.20. The Hall–Kier alpha value is -3.65. The molecule has 0 saturated heterocycles. The van der Waals surface area contributed by atoms with Crippen LogP contribution < -0.4 is 10.3 Å². The van der Waals surface area contributed by atoms with Gasteiger partial charge in [0.05, 0.1) is 29.5 Å². The number of amides is 1. The molecular formula is C27H24FN3O3S. The van der Waals surface area contributed by atoms with Gasteiger partial charge in [-0.15, -0.1) is 0 Å². The lowest BCUT2D eigenvalue weighted by molar-refractivity contribution is -0.129. The monoisotopic (exact) mass is 489 g/mol. The SMILES string of the molecule is COc1ccccc1-n1c(SCC(=O)N(Cc2ccccc2F)C2CC2)nc2ccccc2c1=O. The third-order valence-electron chi connectivity index (χ3n) is 6.00. The van der Waals surface area contributed by atoms with Crippen LogP contribution in [0, 0.1) is 5.82 Å². The molecular weight excluding hydrogens is 465 g/mol. The Bertz CT molecular complexity index is 1450. The molecule has 8 heteroatoms. The lowest BCUT2D eigenvalue weighted by Crippen LogP contribution is -2.34. The van der Waals surface area contributed by atoms with Gasteiger partial charge in [-0.05, 0) is 43.2 Å². The van der Waals surface area contributed by atoms with E-state index in [1.165, 1.54) is 22.4 Å². The highest BCUT2D eigenvalue weighted by atomic mass is 32.2. The molecule has 178 valence electrons. The number of carbonyl (C=O) groups is 1. The molecule has 0 unspecified atom stereocenters. The molecule has 1 heterocycles. The summed E-state index contributed by atoms with van der Waals surface area (Å²) < 4.78 is 21.2. The number of carbonyl (C=O) groups excluding carboxylic acids is 1. The first-order chi connectivity index (χ1) is 17.1. The Kier molecular flexibility index (Phi) is 6.55. The molecule has 5 rings (SSSR count). The number of thioether (sulfide) groups is 1. The van der Waals surface area contributed by atoms with E-state index in [0.717, 1.165) is 12.8 Å². The van der Waals surface area contributed by atoms with Crippen LogP contribution in [0.25, 0.3) is 16.6 Å². The van der Waals surface area contributed by atoms with Crippen LogP contribution in [0.1, 0.15) is 18.4 Å². The van der Waals surface area contributed by atoms with Crippen molar-refractivity contribution in [2.24, 2.45) is 0 Å². The number of benzene rings is 3. The maximum Gasteiger partial charge on any atom is 0.266 e.